The third-order valence-electron chi connectivity index (χ3n) is 8.97. The maximum Gasteiger partial charge on any atom is 0.245 e. The fourth-order valence-electron chi connectivity index (χ4n) is 6.61. The number of fused-ring (bicyclic) bond motifs is 1. The second-order valence-corrected chi connectivity index (χ2v) is 11.2. The molecule has 8 nitrogen and oxygen atoms in total. The Hall–Kier alpha value is -2.71. The fourth-order valence-corrected chi connectivity index (χ4v) is 6.61. The van der Waals surface area contributed by atoms with Crippen LogP contribution in [-0.4, -0.2) is 71.8 Å². The molecule has 2 fully saturated rings. The number of allylic oxidation sites excluding steroid dienone is 1. The van der Waals surface area contributed by atoms with Crippen LogP contribution < -0.4 is 16.0 Å². The number of likely N-dealkylation sites (tertiary alicyclic amines) is 2. The van der Waals surface area contributed by atoms with Crippen molar-refractivity contribution in [3.63, 3.8) is 0 Å². The standard InChI is InChI=1S/C29H45N6O2/c1-5-35(6-2)23(17-20-11-12-21(27(31)32)18-25(20)35)14-13-22-9-7-15-33(22)28(36)24-10-8-16-34(24)29(37)26(30)19(3)4/h11-12,17-19,22,24,26H,5-10,13-16,30H2,1-4H3,(H3,31,32)/q+1/t22-,24+,26-/m0/s1. The number of amides is 2. The average molecular weight is 510 g/mol. The van der Waals surface area contributed by atoms with Crippen molar-refractivity contribution in [2.45, 2.75) is 84.3 Å². The molecular formula is C29H45N6O2+. The third kappa shape index (κ3) is 4.93. The summed E-state index contributed by atoms with van der Waals surface area (Å²) in [5.74, 6) is 0.156. The first-order chi connectivity index (χ1) is 17.6. The van der Waals surface area contributed by atoms with Crippen LogP contribution in [0.2, 0.25) is 0 Å². The van der Waals surface area contributed by atoms with Gasteiger partial charge >= 0.3 is 0 Å². The molecule has 3 heterocycles. The quantitative estimate of drug-likeness (QED) is 0.269. The van der Waals surface area contributed by atoms with Crippen molar-refractivity contribution in [2.24, 2.45) is 17.4 Å². The molecule has 37 heavy (non-hydrogen) atoms. The van der Waals surface area contributed by atoms with Crippen LogP contribution in [-0.2, 0) is 9.59 Å². The molecule has 0 saturated carbocycles. The van der Waals surface area contributed by atoms with E-state index in [0.29, 0.717) is 6.54 Å². The number of hydrogen-bond donors (Lipinski definition) is 3. The van der Waals surface area contributed by atoms with E-state index in [0.717, 1.165) is 68.2 Å². The number of nitrogens with one attached hydrogen (secondary N) is 1. The number of nitrogens with two attached hydrogens (primary N) is 2. The van der Waals surface area contributed by atoms with Gasteiger partial charge in [0, 0.05) is 48.8 Å². The maximum atomic E-state index is 13.7. The lowest BCUT2D eigenvalue weighted by Crippen LogP contribution is -2.54. The van der Waals surface area contributed by atoms with Gasteiger partial charge in [0.05, 0.1) is 19.1 Å². The Morgan fingerprint density at radius 1 is 1.11 bits per heavy atom. The van der Waals surface area contributed by atoms with Gasteiger partial charge in [-0.3, -0.25) is 19.5 Å². The predicted molar refractivity (Wildman–Crippen MR) is 150 cm³/mol. The van der Waals surface area contributed by atoms with Crippen LogP contribution in [0.1, 0.15) is 77.3 Å². The number of amidine groups is 1. The molecule has 5 N–H and O–H groups in total. The average Bonchev–Trinajstić information content (AvgIpc) is 3.62. The van der Waals surface area contributed by atoms with Crippen LogP contribution in [0.5, 0.6) is 0 Å². The van der Waals surface area contributed by atoms with Gasteiger partial charge in [-0.15, -0.1) is 0 Å². The lowest BCUT2D eigenvalue weighted by atomic mass is 10.0. The van der Waals surface area contributed by atoms with E-state index in [2.05, 4.69) is 37.0 Å². The second kappa shape index (κ2) is 11.0. The van der Waals surface area contributed by atoms with Crippen LogP contribution >= 0.6 is 0 Å². The second-order valence-electron chi connectivity index (χ2n) is 11.2. The van der Waals surface area contributed by atoms with Crippen molar-refractivity contribution in [3.8, 4) is 0 Å². The number of nitrogen functional groups attached to an aromatic ring is 1. The molecule has 3 aliphatic rings. The fraction of sp³-hybridized carbons (Fsp3) is 0.621. The van der Waals surface area contributed by atoms with Gasteiger partial charge in [0.25, 0.3) is 0 Å². The van der Waals surface area contributed by atoms with Crippen molar-refractivity contribution >= 4 is 29.4 Å². The SMILES string of the molecule is CC[N+]1(CC)C(CC[C@@H]2CCCN2C(=O)[C@H]2CCCN2C(=O)[C@@H](N)C(C)C)=Cc2ccc(C(=N)N)cc21. The summed E-state index contributed by atoms with van der Waals surface area (Å²) in [5.41, 5.74) is 16.5. The summed E-state index contributed by atoms with van der Waals surface area (Å²) in [6.45, 7) is 11.6. The zero-order valence-electron chi connectivity index (χ0n) is 23.0. The Bertz CT molecular complexity index is 1080. The van der Waals surface area contributed by atoms with Crippen molar-refractivity contribution in [1.29, 1.82) is 5.41 Å². The molecule has 2 saturated heterocycles. The summed E-state index contributed by atoms with van der Waals surface area (Å²) in [6.07, 6.45) is 7.71. The molecule has 0 unspecified atom stereocenters. The Kier molecular flexibility index (Phi) is 8.09. The summed E-state index contributed by atoms with van der Waals surface area (Å²) < 4.78 is 0.773. The maximum absolute atomic E-state index is 13.7. The normalized spacial score (nSPS) is 23.4. The molecule has 3 aliphatic heterocycles. The van der Waals surface area contributed by atoms with Gasteiger partial charge in [-0.25, -0.2) is 0 Å². The molecule has 0 aliphatic carbocycles. The summed E-state index contributed by atoms with van der Waals surface area (Å²) in [6, 6.07) is 5.34. The van der Waals surface area contributed by atoms with Crippen LogP contribution in [0, 0.1) is 11.3 Å². The van der Waals surface area contributed by atoms with Gasteiger partial charge in [0.2, 0.25) is 11.8 Å². The van der Waals surface area contributed by atoms with Gasteiger partial charge in [-0.1, -0.05) is 19.9 Å². The number of hydrogen-bond acceptors (Lipinski definition) is 4. The molecule has 0 aromatic heterocycles. The molecule has 4 rings (SSSR count). The Balaban J connectivity index is 1.48. The topological polar surface area (TPSA) is 117 Å². The number of benzene rings is 1. The van der Waals surface area contributed by atoms with Gasteiger partial charge in [-0.05, 0) is 57.9 Å². The summed E-state index contributed by atoms with van der Waals surface area (Å²) in [5, 5.41) is 7.89. The zero-order valence-corrected chi connectivity index (χ0v) is 23.0. The monoisotopic (exact) mass is 509 g/mol. The first-order valence-corrected chi connectivity index (χ1v) is 14.1. The van der Waals surface area contributed by atoms with E-state index in [4.69, 9.17) is 16.9 Å². The summed E-state index contributed by atoms with van der Waals surface area (Å²) in [7, 11) is 0. The Morgan fingerprint density at radius 3 is 2.43 bits per heavy atom. The number of rotatable bonds is 9. The van der Waals surface area contributed by atoms with Crippen molar-refractivity contribution < 1.29 is 9.59 Å². The Morgan fingerprint density at radius 2 is 1.78 bits per heavy atom. The van der Waals surface area contributed by atoms with E-state index in [1.54, 1.807) is 4.90 Å². The van der Waals surface area contributed by atoms with E-state index in [1.165, 1.54) is 16.9 Å². The first kappa shape index (κ1) is 27.3. The van der Waals surface area contributed by atoms with Gasteiger partial charge in [-0.2, -0.15) is 0 Å². The van der Waals surface area contributed by atoms with E-state index in [1.807, 2.05) is 19.9 Å². The molecule has 0 radical (unpaired) electrons. The number of carbonyl (C=O) groups excluding carboxylic acids is 2. The van der Waals surface area contributed by atoms with E-state index < -0.39 is 6.04 Å². The molecule has 0 spiro atoms. The van der Waals surface area contributed by atoms with E-state index in [9.17, 15) is 9.59 Å². The minimum atomic E-state index is -0.559. The number of carbonyl (C=O) groups is 2. The number of nitrogens with zero attached hydrogens (tertiary/aromatic N) is 3. The highest BCUT2D eigenvalue weighted by Gasteiger charge is 2.43. The van der Waals surface area contributed by atoms with Crippen LogP contribution in [0.15, 0.2) is 23.9 Å². The highest BCUT2D eigenvalue weighted by Crippen LogP contribution is 2.43. The zero-order chi connectivity index (χ0) is 26.9. The van der Waals surface area contributed by atoms with Crippen molar-refractivity contribution in [3.05, 3.63) is 35.0 Å². The van der Waals surface area contributed by atoms with Gasteiger partial charge in [0.15, 0.2) is 0 Å². The molecule has 202 valence electrons. The Labute approximate surface area is 221 Å². The largest absolute Gasteiger partial charge is 0.384 e. The van der Waals surface area contributed by atoms with Crippen molar-refractivity contribution in [1.82, 2.24) is 14.3 Å². The van der Waals surface area contributed by atoms with Gasteiger partial charge in [0.1, 0.15) is 23.3 Å². The molecule has 0 bridgehead atoms. The molecule has 3 atom stereocenters. The highest BCUT2D eigenvalue weighted by atomic mass is 16.2. The van der Waals surface area contributed by atoms with Crippen LogP contribution in [0.4, 0.5) is 5.69 Å². The predicted octanol–water partition coefficient (Wildman–Crippen LogP) is 3.42. The molecule has 1 aromatic carbocycles. The van der Waals surface area contributed by atoms with E-state index >= 15 is 0 Å². The smallest absolute Gasteiger partial charge is 0.245 e. The summed E-state index contributed by atoms with van der Waals surface area (Å²) >= 11 is 0. The van der Waals surface area contributed by atoms with Crippen LogP contribution in [0.3, 0.4) is 0 Å². The molecular weight excluding hydrogens is 464 g/mol. The first-order valence-electron chi connectivity index (χ1n) is 14.1. The number of quaternary nitrogens is 1. The minimum Gasteiger partial charge on any atom is -0.384 e. The lowest BCUT2D eigenvalue weighted by Gasteiger charge is -2.36. The van der Waals surface area contributed by atoms with Crippen LogP contribution in [0.25, 0.3) is 6.08 Å². The lowest BCUT2D eigenvalue weighted by molar-refractivity contribution is -0.145. The van der Waals surface area contributed by atoms with Crippen molar-refractivity contribution in [2.75, 3.05) is 26.2 Å². The summed E-state index contributed by atoms with van der Waals surface area (Å²) in [4.78, 5) is 30.5. The minimum absolute atomic E-state index is 0.0502. The molecule has 8 heteroatoms. The molecule has 1 aromatic rings. The highest BCUT2D eigenvalue weighted by molar-refractivity contribution is 5.97. The molecule has 2 amide bonds. The third-order valence-corrected chi connectivity index (χ3v) is 8.97. The van der Waals surface area contributed by atoms with E-state index in [-0.39, 0.29) is 35.7 Å². The van der Waals surface area contributed by atoms with Gasteiger partial charge < -0.3 is 21.3 Å².